The molecule has 0 bridgehead atoms. The highest BCUT2D eigenvalue weighted by molar-refractivity contribution is 5.95. The maximum atomic E-state index is 14.1. The number of nitrogens with zero attached hydrogens (tertiary/aromatic N) is 3. The first-order valence-corrected chi connectivity index (χ1v) is 8.40. The molecule has 2 heterocycles. The fourth-order valence-electron chi connectivity index (χ4n) is 3.32. The van der Waals surface area contributed by atoms with E-state index in [-0.39, 0.29) is 11.7 Å². The summed E-state index contributed by atoms with van der Waals surface area (Å²) in [5, 5.41) is 10.5. The van der Waals surface area contributed by atoms with Crippen LogP contribution in [0.3, 0.4) is 0 Å². The van der Waals surface area contributed by atoms with Crippen LogP contribution >= 0.6 is 0 Å². The highest BCUT2D eigenvalue weighted by atomic mass is 19.1. The van der Waals surface area contributed by atoms with E-state index in [1.165, 1.54) is 12.0 Å². The predicted octanol–water partition coefficient (Wildman–Crippen LogP) is 2.29. The SMILES string of the molecule is COc1cc(F)c(C(=O)N2CCC(C(O)c3nccn3C)CC2)c(F)c1. The lowest BCUT2D eigenvalue weighted by Gasteiger charge is -2.34. The van der Waals surface area contributed by atoms with E-state index in [1.54, 1.807) is 24.0 Å². The van der Waals surface area contributed by atoms with Crippen LogP contribution in [-0.4, -0.2) is 45.7 Å². The van der Waals surface area contributed by atoms with Crippen molar-refractivity contribution in [3.8, 4) is 5.75 Å². The average Bonchev–Trinajstić information content (AvgIpc) is 3.06. The van der Waals surface area contributed by atoms with Crippen molar-refractivity contribution in [2.45, 2.75) is 18.9 Å². The molecule has 0 radical (unpaired) electrons. The summed E-state index contributed by atoms with van der Waals surface area (Å²) in [6, 6.07) is 1.99. The number of halogens is 2. The van der Waals surface area contributed by atoms with Gasteiger partial charge in [0.05, 0.1) is 7.11 Å². The zero-order chi connectivity index (χ0) is 18.8. The lowest BCUT2D eigenvalue weighted by Crippen LogP contribution is -2.40. The van der Waals surface area contributed by atoms with Crippen molar-refractivity contribution < 1.29 is 23.4 Å². The molecule has 1 atom stereocenters. The lowest BCUT2D eigenvalue weighted by atomic mass is 9.90. The zero-order valence-corrected chi connectivity index (χ0v) is 14.7. The molecule has 1 aliphatic heterocycles. The molecule has 1 N–H and O–H groups in total. The number of ether oxygens (including phenoxy) is 1. The summed E-state index contributed by atoms with van der Waals surface area (Å²) in [7, 11) is 3.10. The minimum Gasteiger partial charge on any atom is -0.497 e. The van der Waals surface area contributed by atoms with Gasteiger partial charge in [-0.15, -0.1) is 0 Å². The Labute approximate surface area is 150 Å². The van der Waals surface area contributed by atoms with Crippen molar-refractivity contribution in [3.05, 3.63) is 47.5 Å². The summed E-state index contributed by atoms with van der Waals surface area (Å²) >= 11 is 0. The number of benzene rings is 1. The number of imidazole rings is 1. The second-order valence-corrected chi connectivity index (χ2v) is 6.44. The van der Waals surface area contributed by atoms with Gasteiger partial charge >= 0.3 is 0 Å². The van der Waals surface area contributed by atoms with Crippen LogP contribution in [0.25, 0.3) is 0 Å². The molecule has 140 valence electrons. The quantitative estimate of drug-likeness (QED) is 0.903. The van der Waals surface area contributed by atoms with Gasteiger partial charge in [0.25, 0.3) is 5.91 Å². The molecule has 1 aliphatic rings. The standard InChI is InChI=1S/C18H21F2N3O3/c1-22-8-5-21-17(22)16(24)11-3-6-23(7-4-11)18(25)15-13(19)9-12(26-2)10-14(15)20/h5,8-11,16,24H,3-4,6-7H2,1-2H3. The van der Waals surface area contributed by atoms with E-state index < -0.39 is 29.2 Å². The minimum atomic E-state index is -0.943. The number of hydrogen-bond acceptors (Lipinski definition) is 4. The van der Waals surface area contributed by atoms with Crippen molar-refractivity contribution in [1.82, 2.24) is 14.5 Å². The van der Waals surface area contributed by atoms with Gasteiger partial charge in [-0.25, -0.2) is 13.8 Å². The second kappa shape index (κ2) is 7.41. The molecular formula is C18H21F2N3O3. The number of methoxy groups -OCH3 is 1. The van der Waals surface area contributed by atoms with E-state index in [0.29, 0.717) is 31.8 Å². The second-order valence-electron chi connectivity index (χ2n) is 6.44. The maximum absolute atomic E-state index is 14.1. The van der Waals surface area contributed by atoms with Crippen LogP contribution in [0, 0.1) is 17.6 Å². The summed E-state index contributed by atoms with van der Waals surface area (Å²) in [5.41, 5.74) is -0.575. The van der Waals surface area contributed by atoms with Gasteiger partial charge in [0.1, 0.15) is 34.9 Å². The minimum absolute atomic E-state index is 0.0217. The van der Waals surface area contributed by atoms with Crippen LogP contribution in [0.15, 0.2) is 24.5 Å². The van der Waals surface area contributed by atoms with Gasteiger partial charge < -0.3 is 19.3 Å². The van der Waals surface area contributed by atoms with Crippen LogP contribution in [0.4, 0.5) is 8.78 Å². The molecular weight excluding hydrogens is 344 g/mol. The number of hydrogen-bond donors (Lipinski definition) is 1. The molecule has 26 heavy (non-hydrogen) atoms. The number of amides is 1. The number of carbonyl (C=O) groups is 1. The van der Waals surface area contributed by atoms with Gasteiger partial charge in [0, 0.05) is 44.7 Å². The van der Waals surface area contributed by atoms with E-state index in [0.717, 1.165) is 12.1 Å². The van der Waals surface area contributed by atoms with E-state index in [9.17, 15) is 18.7 Å². The Morgan fingerprint density at radius 3 is 2.42 bits per heavy atom. The molecule has 6 nitrogen and oxygen atoms in total. The summed E-state index contributed by atoms with van der Waals surface area (Å²) in [4.78, 5) is 18.1. The van der Waals surface area contributed by atoms with Crippen LogP contribution in [0.2, 0.25) is 0 Å². The Hall–Kier alpha value is -2.48. The number of rotatable bonds is 4. The first kappa shape index (κ1) is 18.3. The van der Waals surface area contributed by atoms with Crippen LogP contribution < -0.4 is 4.74 Å². The average molecular weight is 365 g/mol. The Balaban J connectivity index is 1.68. The normalized spacial score (nSPS) is 16.6. The van der Waals surface area contributed by atoms with Gasteiger partial charge in [-0.1, -0.05) is 0 Å². The van der Waals surface area contributed by atoms with Gasteiger partial charge in [-0.2, -0.15) is 0 Å². The lowest BCUT2D eigenvalue weighted by molar-refractivity contribution is 0.0414. The Morgan fingerprint density at radius 1 is 1.31 bits per heavy atom. The van der Waals surface area contributed by atoms with Gasteiger partial charge in [-0.3, -0.25) is 4.79 Å². The first-order chi connectivity index (χ1) is 12.4. The van der Waals surface area contributed by atoms with Crippen molar-refractivity contribution in [2.75, 3.05) is 20.2 Å². The summed E-state index contributed by atoms with van der Waals surface area (Å²) < 4.78 is 34.8. The predicted molar refractivity (Wildman–Crippen MR) is 89.7 cm³/mol. The topological polar surface area (TPSA) is 67.6 Å². The highest BCUT2D eigenvalue weighted by Gasteiger charge is 2.32. The third-order valence-electron chi connectivity index (χ3n) is 4.86. The van der Waals surface area contributed by atoms with Crippen LogP contribution in [0.5, 0.6) is 5.75 Å². The third-order valence-corrected chi connectivity index (χ3v) is 4.86. The number of carbonyl (C=O) groups excluding carboxylic acids is 1. The first-order valence-electron chi connectivity index (χ1n) is 8.40. The van der Waals surface area contributed by atoms with Gasteiger partial charge in [0.15, 0.2) is 0 Å². The maximum Gasteiger partial charge on any atom is 0.259 e. The number of aliphatic hydroxyl groups excluding tert-OH is 1. The summed E-state index contributed by atoms with van der Waals surface area (Å²) in [6.45, 7) is 0.631. The van der Waals surface area contributed by atoms with Crippen LogP contribution in [-0.2, 0) is 7.05 Å². The molecule has 1 aromatic heterocycles. The molecule has 0 spiro atoms. The molecule has 2 aromatic rings. The third kappa shape index (κ3) is 3.41. The van der Waals surface area contributed by atoms with Gasteiger partial charge in [0.2, 0.25) is 0 Å². The largest absolute Gasteiger partial charge is 0.497 e. The molecule has 8 heteroatoms. The highest BCUT2D eigenvalue weighted by Crippen LogP contribution is 2.31. The monoisotopic (exact) mass is 365 g/mol. The molecule has 0 aliphatic carbocycles. The van der Waals surface area contributed by atoms with Crippen molar-refractivity contribution >= 4 is 5.91 Å². The van der Waals surface area contributed by atoms with Crippen molar-refractivity contribution in [1.29, 1.82) is 0 Å². The molecule has 1 unspecified atom stereocenters. The van der Waals surface area contributed by atoms with E-state index in [1.807, 2.05) is 0 Å². The number of aromatic nitrogens is 2. The number of piperidine rings is 1. The number of aliphatic hydroxyl groups is 1. The Bertz CT molecular complexity index is 778. The van der Waals surface area contributed by atoms with E-state index >= 15 is 0 Å². The number of aryl methyl sites for hydroxylation is 1. The van der Waals surface area contributed by atoms with Crippen LogP contribution in [0.1, 0.15) is 35.1 Å². The molecule has 1 amide bonds. The number of likely N-dealkylation sites (tertiary alicyclic amines) is 1. The molecule has 1 fully saturated rings. The molecule has 1 aromatic carbocycles. The molecule has 1 saturated heterocycles. The zero-order valence-electron chi connectivity index (χ0n) is 14.7. The fraction of sp³-hybridized carbons (Fsp3) is 0.444. The van der Waals surface area contributed by atoms with Crippen molar-refractivity contribution in [3.63, 3.8) is 0 Å². The Morgan fingerprint density at radius 2 is 1.92 bits per heavy atom. The Kier molecular flexibility index (Phi) is 5.22. The van der Waals surface area contributed by atoms with E-state index in [2.05, 4.69) is 4.98 Å². The smallest absolute Gasteiger partial charge is 0.259 e. The molecule has 3 rings (SSSR count). The summed E-state index contributed by atoms with van der Waals surface area (Å²) in [6.07, 6.45) is 3.69. The van der Waals surface area contributed by atoms with E-state index in [4.69, 9.17) is 4.74 Å². The van der Waals surface area contributed by atoms with Gasteiger partial charge in [-0.05, 0) is 18.8 Å². The fourth-order valence-corrected chi connectivity index (χ4v) is 3.32. The van der Waals surface area contributed by atoms with Crippen molar-refractivity contribution in [2.24, 2.45) is 13.0 Å². The molecule has 0 saturated carbocycles. The summed E-state index contributed by atoms with van der Waals surface area (Å²) in [5.74, 6) is -2.04.